The van der Waals surface area contributed by atoms with Gasteiger partial charge in [-0.05, 0) is 122 Å². The van der Waals surface area contributed by atoms with Gasteiger partial charge in [0, 0.05) is 19.3 Å². The van der Waals surface area contributed by atoms with Crippen molar-refractivity contribution in [3.63, 3.8) is 0 Å². The molecule has 0 radical (unpaired) electrons. The number of ether oxygens (including phenoxy) is 3. The van der Waals surface area contributed by atoms with Crippen LogP contribution in [0.5, 0.6) is 0 Å². The van der Waals surface area contributed by atoms with Gasteiger partial charge in [0.2, 0.25) is 0 Å². The SMILES string of the molecule is CC/C=C\C/C=C\C/C=C\C/C=C\C/C=C\C/C=C\CCC(=O)O[C@H](COC(=O)CCCCCC/C=C\C/C=C\C/C=C\C/C=C\CC)COC(=O)CCCCCCCCCCCCC/C=C\CCCCCCCC. The van der Waals surface area contributed by atoms with Crippen molar-refractivity contribution >= 4 is 17.9 Å². The summed E-state index contributed by atoms with van der Waals surface area (Å²) in [5.74, 6) is -1.03. The van der Waals surface area contributed by atoms with E-state index in [0.717, 1.165) is 116 Å². The lowest BCUT2D eigenvalue weighted by Crippen LogP contribution is -2.30. The molecule has 0 fully saturated rings. The van der Waals surface area contributed by atoms with E-state index in [1.807, 2.05) is 12.2 Å². The Kier molecular flexibility index (Phi) is 58.4. The summed E-state index contributed by atoms with van der Waals surface area (Å²) in [4.78, 5) is 38.2. The van der Waals surface area contributed by atoms with Crippen molar-refractivity contribution in [3.05, 3.63) is 134 Å². The highest BCUT2D eigenvalue weighted by Crippen LogP contribution is 2.15. The minimum atomic E-state index is -0.835. The first kappa shape index (κ1) is 70.5. The number of unbranched alkanes of at least 4 members (excludes halogenated alkanes) is 21. The average Bonchev–Trinajstić information content (AvgIpc) is 3.41. The average molecular weight is 1040 g/mol. The van der Waals surface area contributed by atoms with Crippen molar-refractivity contribution in [2.75, 3.05) is 13.2 Å². The normalized spacial score (nSPS) is 13.1. The predicted octanol–water partition coefficient (Wildman–Crippen LogP) is 21.0. The molecule has 0 saturated heterocycles. The molecule has 6 nitrogen and oxygen atoms in total. The maximum absolute atomic E-state index is 12.9. The van der Waals surface area contributed by atoms with Crippen LogP contribution in [0, 0.1) is 0 Å². The van der Waals surface area contributed by atoms with E-state index >= 15 is 0 Å². The summed E-state index contributed by atoms with van der Waals surface area (Å²) < 4.78 is 16.8. The maximum atomic E-state index is 12.9. The molecule has 0 aliphatic rings. The standard InChI is InChI=1S/C69H112O6/c1-4-7-10-13-16-19-22-25-28-31-33-34-36-38-41-44-47-50-53-56-59-62-68(71)74-65-66(64-73-67(70)61-58-55-52-49-46-43-40-37-30-27-24-21-18-15-12-9-6-3)75-69(72)63-60-57-54-51-48-45-42-39-35-32-29-26-23-20-17-14-11-8-5-2/h8-9,11-12,17-18,20-21,25-30,35,39-40,43,45,48,54,57,66H,4-7,10,13-16,19,22-24,31-34,36-38,41-42,44,46-47,49-53,55-56,58-65H2,1-3H3/b11-8-,12-9-,20-17-,21-18-,28-25-,29-26-,30-27-,39-35-,43-40-,48-45-,57-54-/t66-/m1/s1. The number of hydrogen-bond acceptors (Lipinski definition) is 6. The predicted molar refractivity (Wildman–Crippen MR) is 325 cm³/mol. The molecule has 0 rings (SSSR count). The number of rotatable bonds is 54. The lowest BCUT2D eigenvalue weighted by atomic mass is 10.0. The van der Waals surface area contributed by atoms with E-state index in [1.54, 1.807) is 0 Å². The maximum Gasteiger partial charge on any atom is 0.306 e. The summed E-state index contributed by atoms with van der Waals surface area (Å²) >= 11 is 0. The highest BCUT2D eigenvalue weighted by atomic mass is 16.6. The summed E-state index contributed by atoms with van der Waals surface area (Å²) in [5.41, 5.74) is 0. The van der Waals surface area contributed by atoms with Crippen molar-refractivity contribution in [1.29, 1.82) is 0 Å². The fourth-order valence-electron chi connectivity index (χ4n) is 8.10. The molecule has 424 valence electrons. The third-order valence-corrected chi connectivity index (χ3v) is 12.6. The number of hydrogen-bond donors (Lipinski definition) is 0. The van der Waals surface area contributed by atoms with Crippen molar-refractivity contribution in [2.24, 2.45) is 0 Å². The van der Waals surface area contributed by atoms with Gasteiger partial charge in [-0.25, -0.2) is 0 Å². The van der Waals surface area contributed by atoms with Crippen LogP contribution in [0.3, 0.4) is 0 Å². The highest BCUT2D eigenvalue weighted by molar-refractivity contribution is 5.71. The van der Waals surface area contributed by atoms with Gasteiger partial charge in [0.05, 0.1) is 0 Å². The molecule has 1 atom stereocenters. The monoisotopic (exact) mass is 1040 g/mol. The molecule has 0 aromatic carbocycles. The van der Waals surface area contributed by atoms with Gasteiger partial charge in [0.1, 0.15) is 13.2 Å². The van der Waals surface area contributed by atoms with E-state index in [0.29, 0.717) is 19.3 Å². The molecule has 0 aliphatic carbocycles. The number of carbonyl (C=O) groups is 3. The second kappa shape index (κ2) is 62.1. The molecule has 0 aromatic heterocycles. The van der Waals surface area contributed by atoms with Crippen LogP contribution in [0.2, 0.25) is 0 Å². The molecule has 0 saturated carbocycles. The largest absolute Gasteiger partial charge is 0.462 e. The lowest BCUT2D eigenvalue weighted by Gasteiger charge is -2.18. The molecule has 0 heterocycles. The molecule has 0 N–H and O–H groups in total. The molecular formula is C69H112O6. The number of esters is 3. The van der Waals surface area contributed by atoms with Crippen molar-refractivity contribution in [2.45, 2.75) is 271 Å². The fourth-order valence-corrected chi connectivity index (χ4v) is 8.10. The van der Waals surface area contributed by atoms with Crippen molar-refractivity contribution in [3.8, 4) is 0 Å². The number of allylic oxidation sites excluding steroid dienone is 22. The Morgan fingerprint density at radius 1 is 0.280 bits per heavy atom. The van der Waals surface area contributed by atoms with Gasteiger partial charge in [-0.2, -0.15) is 0 Å². The van der Waals surface area contributed by atoms with E-state index in [2.05, 4.69) is 142 Å². The Labute approximate surface area is 462 Å². The van der Waals surface area contributed by atoms with Crippen LogP contribution < -0.4 is 0 Å². The van der Waals surface area contributed by atoms with Crippen LogP contribution >= 0.6 is 0 Å². The van der Waals surface area contributed by atoms with E-state index in [9.17, 15) is 14.4 Å². The van der Waals surface area contributed by atoms with E-state index in [-0.39, 0.29) is 31.6 Å². The molecule has 75 heavy (non-hydrogen) atoms. The Morgan fingerprint density at radius 2 is 0.547 bits per heavy atom. The quantitative estimate of drug-likeness (QED) is 0.0261. The summed E-state index contributed by atoms with van der Waals surface area (Å²) in [6.45, 7) is 6.33. The minimum absolute atomic E-state index is 0.120. The summed E-state index contributed by atoms with van der Waals surface area (Å²) in [6.07, 6.45) is 87.5. The first-order valence-corrected chi connectivity index (χ1v) is 30.7. The zero-order chi connectivity index (χ0) is 54.3. The van der Waals surface area contributed by atoms with Crippen LogP contribution in [0.25, 0.3) is 0 Å². The summed E-state index contributed by atoms with van der Waals surface area (Å²) in [6, 6.07) is 0. The van der Waals surface area contributed by atoms with Crippen molar-refractivity contribution < 1.29 is 28.6 Å². The van der Waals surface area contributed by atoms with Crippen LogP contribution in [0.15, 0.2) is 134 Å². The van der Waals surface area contributed by atoms with E-state index in [1.165, 1.54) is 103 Å². The van der Waals surface area contributed by atoms with E-state index < -0.39 is 12.1 Å². The molecule has 0 aromatic rings. The number of carbonyl (C=O) groups excluding carboxylic acids is 3. The Balaban J connectivity index is 4.53. The van der Waals surface area contributed by atoms with Gasteiger partial charge >= 0.3 is 17.9 Å². The van der Waals surface area contributed by atoms with E-state index in [4.69, 9.17) is 14.2 Å². The Hall–Kier alpha value is -4.45. The molecule has 0 spiro atoms. The Bertz CT molecular complexity index is 1620. The van der Waals surface area contributed by atoms with Crippen LogP contribution in [0.1, 0.15) is 265 Å². The van der Waals surface area contributed by atoms with Gasteiger partial charge in [0.25, 0.3) is 0 Å². The third-order valence-electron chi connectivity index (χ3n) is 12.6. The zero-order valence-corrected chi connectivity index (χ0v) is 48.5. The van der Waals surface area contributed by atoms with Crippen LogP contribution in [-0.4, -0.2) is 37.2 Å². The molecule has 0 amide bonds. The van der Waals surface area contributed by atoms with Crippen LogP contribution in [-0.2, 0) is 28.6 Å². The summed E-state index contributed by atoms with van der Waals surface area (Å²) in [5, 5.41) is 0. The minimum Gasteiger partial charge on any atom is -0.462 e. The zero-order valence-electron chi connectivity index (χ0n) is 48.5. The molecule has 0 unspecified atom stereocenters. The second-order valence-corrected chi connectivity index (χ2v) is 19.8. The fraction of sp³-hybridized carbons (Fsp3) is 0.638. The topological polar surface area (TPSA) is 78.9 Å². The highest BCUT2D eigenvalue weighted by Gasteiger charge is 2.19. The first-order chi connectivity index (χ1) is 37.0. The van der Waals surface area contributed by atoms with Gasteiger partial charge in [0.15, 0.2) is 6.10 Å². The molecule has 0 aliphatic heterocycles. The summed E-state index contributed by atoms with van der Waals surface area (Å²) in [7, 11) is 0. The smallest absolute Gasteiger partial charge is 0.306 e. The lowest BCUT2D eigenvalue weighted by molar-refractivity contribution is -0.166. The van der Waals surface area contributed by atoms with Gasteiger partial charge < -0.3 is 14.2 Å². The van der Waals surface area contributed by atoms with Gasteiger partial charge in [-0.1, -0.05) is 257 Å². The first-order valence-electron chi connectivity index (χ1n) is 30.7. The molecule has 0 bridgehead atoms. The van der Waals surface area contributed by atoms with Crippen LogP contribution in [0.4, 0.5) is 0 Å². The molecular weight excluding hydrogens is 925 g/mol. The molecule has 6 heteroatoms. The van der Waals surface area contributed by atoms with Gasteiger partial charge in [-0.15, -0.1) is 0 Å². The third kappa shape index (κ3) is 60.3. The Morgan fingerprint density at radius 3 is 0.880 bits per heavy atom. The second-order valence-electron chi connectivity index (χ2n) is 19.8. The van der Waals surface area contributed by atoms with Gasteiger partial charge in [-0.3, -0.25) is 14.4 Å². The van der Waals surface area contributed by atoms with Crippen molar-refractivity contribution in [1.82, 2.24) is 0 Å².